The second-order valence-electron chi connectivity index (χ2n) is 5.74. The second kappa shape index (κ2) is 4.86. The fraction of sp³-hybridized carbons (Fsp3) is 0.600. The highest BCUT2D eigenvalue weighted by atomic mass is 79.9. The third-order valence-electron chi connectivity index (χ3n) is 4.51. The molecule has 1 saturated heterocycles. The zero-order valence-corrected chi connectivity index (χ0v) is 12.4. The Morgan fingerprint density at radius 1 is 1.28 bits per heavy atom. The van der Waals surface area contributed by atoms with Gasteiger partial charge in [-0.25, -0.2) is 0 Å². The van der Waals surface area contributed by atoms with Crippen LogP contribution in [0.5, 0.6) is 0 Å². The van der Waals surface area contributed by atoms with Crippen LogP contribution < -0.4 is 4.90 Å². The summed E-state index contributed by atoms with van der Waals surface area (Å²) in [5.41, 5.74) is 2.27. The Kier molecular flexibility index (Phi) is 3.37. The molecule has 0 spiro atoms. The van der Waals surface area contributed by atoms with E-state index in [4.69, 9.17) is 0 Å². The van der Waals surface area contributed by atoms with Crippen molar-refractivity contribution in [2.45, 2.75) is 32.3 Å². The van der Waals surface area contributed by atoms with Crippen molar-refractivity contribution in [1.29, 1.82) is 0 Å². The summed E-state index contributed by atoms with van der Waals surface area (Å²) >= 11 is 3.49. The van der Waals surface area contributed by atoms with Gasteiger partial charge in [0.05, 0.1) is 6.10 Å². The van der Waals surface area contributed by atoms with Gasteiger partial charge in [-0.15, -0.1) is 0 Å². The summed E-state index contributed by atoms with van der Waals surface area (Å²) in [7, 11) is 0. The molecule has 0 radical (unpaired) electrons. The molecule has 3 heteroatoms. The van der Waals surface area contributed by atoms with Crippen molar-refractivity contribution in [3.8, 4) is 0 Å². The van der Waals surface area contributed by atoms with Crippen LogP contribution in [0.3, 0.4) is 0 Å². The normalized spacial score (nSPS) is 28.5. The molecule has 1 aromatic rings. The largest absolute Gasteiger partial charge is 0.389 e. The average Bonchev–Trinajstić information content (AvgIpc) is 2.88. The molecule has 2 aliphatic rings. The summed E-state index contributed by atoms with van der Waals surface area (Å²) in [4.78, 5) is 2.48. The highest BCUT2D eigenvalue weighted by Crippen LogP contribution is 2.41. The van der Waals surface area contributed by atoms with Crippen molar-refractivity contribution < 1.29 is 5.11 Å². The van der Waals surface area contributed by atoms with Gasteiger partial charge in [0.1, 0.15) is 0 Å². The molecule has 1 N–H and O–H groups in total. The molecule has 1 aliphatic carbocycles. The van der Waals surface area contributed by atoms with E-state index in [-0.39, 0.29) is 0 Å². The molecule has 1 saturated carbocycles. The number of hydrogen-bond acceptors (Lipinski definition) is 2. The molecule has 3 atom stereocenters. The van der Waals surface area contributed by atoms with Gasteiger partial charge < -0.3 is 10.0 Å². The predicted octanol–water partition coefficient (Wildman–Crippen LogP) is 3.74. The minimum Gasteiger partial charge on any atom is -0.389 e. The first kappa shape index (κ1) is 12.5. The third kappa shape index (κ3) is 2.19. The lowest BCUT2D eigenvalue weighted by molar-refractivity contribution is 0.199. The Bertz CT molecular complexity index is 434. The molecule has 1 heterocycles. The number of aliphatic hydroxyl groups is 1. The van der Waals surface area contributed by atoms with Crippen molar-refractivity contribution in [2.24, 2.45) is 11.8 Å². The Morgan fingerprint density at radius 2 is 1.94 bits per heavy atom. The van der Waals surface area contributed by atoms with Crippen LogP contribution in [0, 0.1) is 11.8 Å². The Balaban J connectivity index is 1.88. The van der Waals surface area contributed by atoms with Gasteiger partial charge in [-0.05, 0) is 49.8 Å². The molecule has 98 valence electrons. The van der Waals surface area contributed by atoms with Gasteiger partial charge in [0.25, 0.3) is 0 Å². The molecule has 0 aromatic heterocycles. The molecule has 3 rings (SSSR count). The molecule has 0 bridgehead atoms. The predicted molar refractivity (Wildman–Crippen MR) is 77.8 cm³/mol. The number of nitrogens with zero attached hydrogens (tertiary/aromatic N) is 1. The summed E-state index contributed by atoms with van der Waals surface area (Å²) in [5, 5.41) is 9.94. The van der Waals surface area contributed by atoms with Crippen molar-refractivity contribution in [1.82, 2.24) is 0 Å². The molecule has 3 unspecified atom stereocenters. The minimum atomic E-state index is -0.405. The summed E-state index contributed by atoms with van der Waals surface area (Å²) in [6.45, 7) is 4.19. The fourth-order valence-electron chi connectivity index (χ4n) is 3.58. The Hall–Kier alpha value is -0.540. The monoisotopic (exact) mass is 309 g/mol. The van der Waals surface area contributed by atoms with E-state index < -0.39 is 6.10 Å². The van der Waals surface area contributed by atoms with Gasteiger partial charge in [0.15, 0.2) is 0 Å². The van der Waals surface area contributed by atoms with Gasteiger partial charge in [-0.2, -0.15) is 0 Å². The summed E-state index contributed by atoms with van der Waals surface area (Å²) in [6.07, 6.45) is 3.79. The molecule has 1 aliphatic heterocycles. The van der Waals surface area contributed by atoms with E-state index >= 15 is 0 Å². The number of aliphatic hydroxyl groups excluding tert-OH is 1. The van der Waals surface area contributed by atoms with Crippen LogP contribution >= 0.6 is 15.9 Å². The van der Waals surface area contributed by atoms with E-state index in [1.165, 1.54) is 38.0 Å². The Morgan fingerprint density at radius 3 is 2.56 bits per heavy atom. The van der Waals surface area contributed by atoms with Gasteiger partial charge in [0, 0.05) is 28.8 Å². The van der Waals surface area contributed by atoms with E-state index in [0.717, 1.165) is 21.9 Å². The van der Waals surface area contributed by atoms with Crippen LogP contribution in [0.1, 0.15) is 37.9 Å². The summed E-state index contributed by atoms with van der Waals surface area (Å²) in [6, 6.07) is 6.27. The molecule has 1 aromatic carbocycles. The number of hydrogen-bond donors (Lipinski definition) is 1. The smallest absolute Gasteiger partial charge is 0.0782 e. The maximum atomic E-state index is 9.94. The molecular formula is C15H20BrNO. The SMILES string of the molecule is CC(O)c1cc(Br)ccc1N1CC2CCCC2C1. The molecular weight excluding hydrogens is 290 g/mol. The van der Waals surface area contributed by atoms with E-state index in [0.29, 0.717) is 0 Å². The highest BCUT2D eigenvalue weighted by Gasteiger charge is 2.36. The zero-order valence-electron chi connectivity index (χ0n) is 10.8. The van der Waals surface area contributed by atoms with Crippen LogP contribution in [0.4, 0.5) is 5.69 Å². The maximum Gasteiger partial charge on any atom is 0.0782 e. The topological polar surface area (TPSA) is 23.5 Å². The van der Waals surface area contributed by atoms with Gasteiger partial charge in [0.2, 0.25) is 0 Å². The fourth-order valence-corrected chi connectivity index (χ4v) is 3.96. The highest BCUT2D eigenvalue weighted by molar-refractivity contribution is 9.10. The Labute approximate surface area is 117 Å². The van der Waals surface area contributed by atoms with Gasteiger partial charge in [-0.3, -0.25) is 0 Å². The maximum absolute atomic E-state index is 9.94. The lowest BCUT2D eigenvalue weighted by atomic mass is 10.0. The van der Waals surface area contributed by atoms with Crippen LogP contribution in [0.2, 0.25) is 0 Å². The number of anilines is 1. The quantitative estimate of drug-likeness (QED) is 0.899. The van der Waals surface area contributed by atoms with E-state index in [2.05, 4.69) is 33.0 Å². The van der Waals surface area contributed by atoms with Gasteiger partial charge in [-0.1, -0.05) is 22.4 Å². The lowest BCUT2D eigenvalue weighted by Crippen LogP contribution is -2.22. The molecule has 2 fully saturated rings. The standard InChI is InChI=1S/C15H20BrNO/c1-10(18)14-7-13(16)5-6-15(14)17-8-11-3-2-4-12(11)9-17/h5-7,10-12,18H,2-4,8-9H2,1H3. The zero-order chi connectivity index (χ0) is 12.7. The molecule has 18 heavy (non-hydrogen) atoms. The summed E-state index contributed by atoms with van der Waals surface area (Å²) < 4.78 is 1.04. The number of rotatable bonds is 2. The summed E-state index contributed by atoms with van der Waals surface area (Å²) in [5.74, 6) is 1.77. The number of fused-ring (bicyclic) bond motifs is 1. The van der Waals surface area contributed by atoms with E-state index in [1.807, 2.05) is 13.0 Å². The van der Waals surface area contributed by atoms with Crippen molar-refractivity contribution in [3.05, 3.63) is 28.2 Å². The first-order valence-electron chi connectivity index (χ1n) is 6.87. The second-order valence-corrected chi connectivity index (χ2v) is 6.65. The van der Waals surface area contributed by atoms with Crippen molar-refractivity contribution in [2.75, 3.05) is 18.0 Å². The van der Waals surface area contributed by atoms with E-state index in [1.54, 1.807) is 0 Å². The first-order valence-corrected chi connectivity index (χ1v) is 7.67. The third-order valence-corrected chi connectivity index (χ3v) is 5.00. The molecule has 2 nitrogen and oxygen atoms in total. The average molecular weight is 310 g/mol. The molecule has 0 amide bonds. The first-order chi connectivity index (χ1) is 8.65. The van der Waals surface area contributed by atoms with Crippen molar-refractivity contribution in [3.63, 3.8) is 0 Å². The number of benzene rings is 1. The van der Waals surface area contributed by atoms with Gasteiger partial charge >= 0.3 is 0 Å². The van der Waals surface area contributed by atoms with E-state index in [9.17, 15) is 5.11 Å². The van der Waals surface area contributed by atoms with Crippen LogP contribution in [0.15, 0.2) is 22.7 Å². The number of halogens is 1. The van der Waals surface area contributed by atoms with Crippen molar-refractivity contribution >= 4 is 21.6 Å². The van der Waals surface area contributed by atoms with Crippen LogP contribution in [0.25, 0.3) is 0 Å². The van der Waals surface area contributed by atoms with Crippen LogP contribution in [-0.2, 0) is 0 Å². The lowest BCUT2D eigenvalue weighted by Gasteiger charge is -2.24. The minimum absolute atomic E-state index is 0.405. The van der Waals surface area contributed by atoms with Crippen LogP contribution in [-0.4, -0.2) is 18.2 Å².